The van der Waals surface area contributed by atoms with Gasteiger partial charge in [0, 0.05) is 65.8 Å². The molecule has 0 aliphatic carbocycles. The third-order valence-corrected chi connectivity index (χ3v) is 6.57. The fraction of sp³-hybridized carbons (Fsp3) is 0.522. The van der Waals surface area contributed by atoms with Crippen LogP contribution in [0.1, 0.15) is 0 Å². The zero-order chi connectivity index (χ0) is 28.6. The summed E-state index contributed by atoms with van der Waals surface area (Å²) in [5, 5.41) is 0. The van der Waals surface area contributed by atoms with Crippen molar-refractivity contribution in [2.24, 2.45) is 0 Å². The highest BCUT2D eigenvalue weighted by molar-refractivity contribution is 6.34. The molecule has 3 aromatic rings. The number of rotatable bonds is 4. The van der Waals surface area contributed by atoms with E-state index in [1.165, 1.54) is 36.3 Å². The largest absolute Gasteiger partial charge is 0.406 e. The smallest absolute Gasteiger partial charge is 0.378 e. The standard InChI is InChI=1S/C23H28F3N11O3/c1-33(2)19(38)20(39)35-3-5-36(6-4-35)22-30-15-17(34-7-9-40-10-8-34)31-16(14-11-28-21(27)29-12-14)32-18(15)37(22)13-23(24,25)26/h11-12H,3-10,13H2,1-2H3,(H2,27,28,29). The number of alkyl halides is 3. The van der Waals surface area contributed by atoms with Crippen molar-refractivity contribution in [2.45, 2.75) is 12.7 Å². The Morgan fingerprint density at radius 2 is 1.62 bits per heavy atom. The van der Waals surface area contributed by atoms with E-state index in [1.54, 1.807) is 4.90 Å². The number of carbonyl (C=O) groups is 2. The fourth-order valence-electron chi connectivity index (χ4n) is 4.56. The average Bonchev–Trinajstić information content (AvgIpc) is 3.29. The van der Waals surface area contributed by atoms with Gasteiger partial charge in [-0.15, -0.1) is 0 Å². The number of amides is 2. The van der Waals surface area contributed by atoms with Gasteiger partial charge in [0.15, 0.2) is 22.8 Å². The summed E-state index contributed by atoms with van der Waals surface area (Å²) in [4.78, 5) is 52.4. The molecular formula is C23H28F3N11O3. The van der Waals surface area contributed by atoms with Gasteiger partial charge in [0.1, 0.15) is 6.54 Å². The predicted molar refractivity (Wildman–Crippen MR) is 137 cm³/mol. The van der Waals surface area contributed by atoms with Crippen LogP contribution in [0.4, 0.5) is 30.9 Å². The molecular weight excluding hydrogens is 535 g/mol. The number of likely N-dealkylation sites (N-methyl/N-ethyl adjacent to an activating group) is 1. The van der Waals surface area contributed by atoms with Crippen molar-refractivity contribution in [1.29, 1.82) is 0 Å². The van der Waals surface area contributed by atoms with Gasteiger partial charge in [-0.05, 0) is 0 Å². The lowest BCUT2D eigenvalue weighted by Crippen LogP contribution is -2.53. The molecule has 17 heteroatoms. The molecule has 2 aliphatic rings. The Balaban J connectivity index is 1.58. The van der Waals surface area contributed by atoms with Gasteiger partial charge >= 0.3 is 18.0 Å². The second kappa shape index (κ2) is 10.7. The molecule has 0 atom stereocenters. The summed E-state index contributed by atoms with van der Waals surface area (Å²) in [6.45, 7) is 1.06. The molecule has 5 rings (SSSR count). The maximum absolute atomic E-state index is 13.9. The number of nitrogens with two attached hydrogens (primary N) is 1. The van der Waals surface area contributed by atoms with Crippen molar-refractivity contribution >= 4 is 40.7 Å². The minimum Gasteiger partial charge on any atom is -0.378 e. The molecule has 2 aliphatic heterocycles. The molecule has 0 aromatic carbocycles. The number of nitrogen functional groups attached to an aromatic ring is 1. The van der Waals surface area contributed by atoms with Gasteiger partial charge in [-0.25, -0.2) is 24.9 Å². The molecule has 0 saturated carbocycles. The van der Waals surface area contributed by atoms with Crippen LogP contribution in [0.5, 0.6) is 0 Å². The highest BCUT2D eigenvalue weighted by Crippen LogP contribution is 2.33. The SMILES string of the molecule is CN(C)C(=O)C(=O)N1CCN(c2nc3c(N4CCOCC4)nc(-c4cnc(N)nc4)nc3n2CC(F)(F)F)CC1. The summed E-state index contributed by atoms with van der Waals surface area (Å²) in [5.74, 6) is -0.749. The van der Waals surface area contributed by atoms with Crippen LogP contribution in [-0.4, -0.2) is 124 Å². The van der Waals surface area contributed by atoms with Crippen molar-refractivity contribution in [3.63, 3.8) is 0 Å². The summed E-state index contributed by atoms with van der Waals surface area (Å²) >= 11 is 0. The van der Waals surface area contributed by atoms with Crippen LogP contribution in [-0.2, 0) is 20.9 Å². The minimum absolute atomic E-state index is 0.00284. The Morgan fingerprint density at radius 3 is 2.23 bits per heavy atom. The number of anilines is 3. The molecule has 40 heavy (non-hydrogen) atoms. The highest BCUT2D eigenvalue weighted by atomic mass is 19.4. The molecule has 0 spiro atoms. The van der Waals surface area contributed by atoms with E-state index in [1.807, 2.05) is 4.90 Å². The van der Waals surface area contributed by atoms with E-state index in [2.05, 4.69) is 24.9 Å². The van der Waals surface area contributed by atoms with Crippen LogP contribution in [0.15, 0.2) is 12.4 Å². The number of ether oxygens (including phenoxy) is 1. The van der Waals surface area contributed by atoms with Crippen molar-refractivity contribution in [3.8, 4) is 11.4 Å². The van der Waals surface area contributed by atoms with Crippen LogP contribution in [0.25, 0.3) is 22.6 Å². The van der Waals surface area contributed by atoms with Gasteiger partial charge in [-0.2, -0.15) is 13.2 Å². The summed E-state index contributed by atoms with van der Waals surface area (Å²) in [6.07, 6.45) is -1.76. The Labute approximate surface area is 226 Å². The molecule has 0 bridgehead atoms. The molecule has 2 N–H and O–H groups in total. The van der Waals surface area contributed by atoms with Crippen molar-refractivity contribution in [2.75, 3.05) is 82.1 Å². The molecule has 5 heterocycles. The Morgan fingerprint density at radius 1 is 0.975 bits per heavy atom. The number of fused-ring (bicyclic) bond motifs is 1. The molecule has 0 unspecified atom stereocenters. The molecule has 2 amide bonds. The van der Waals surface area contributed by atoms with Crippen molar-refractivity contribution in [1.82, 2.24) is 39.3 Å². The minimum atomic E-state index is -4.58. The van der Waals surface area contributed by atoms with Gasteiger partial charge < -0.3 is 30.1 Å². The second-order valence-corrected chi connectivity index (χ2v) is 9.56. The first kappa shape index (κ1) is 27.3. The van der Waals surface area contributed by atoms with Gasteiger partial charge in [-0.1, -0.05) is 0 Å². The molecule has 3 aromatic heterocycles. The maximum Gasteiger partial charge on any atom is 0.406 e. The number of halogens is 3. The number of piperazine rings is 1. The fourth-order valence-corrected chi connectivity index (χ4v) is 4.56. The van der Waals surface area contributed by atoms with Gasteiger partial charge in [0.25, 0.3) is 0 Å². The Hall–Kier alpha value is -4.28. The first-order valence-corrected chi connectivity index (χ1v) is 12.5. The highest BCUT2D eigenvalue weighted by Gasteiger charge is 2.35. The van der Waals surface area contributed by atoms with Crippen molar-refractivity contribution < 1.29 is 27.5 Å². The number of hydrogen-bond acceptors (Lipinski definition) is 11. The van der Waals surface area contributed by atoms with Crippen LogP contribution < -0.4 is 15.5 Å². The zero-order valence-electron chi connectivity index (χ0n) is 21.9. The topological polar surface area (TPSA) is 152 Å². The Bertz CT molecular complexity index is 1400. The molecule has 0 radical (unpaired) electrons. The van der Waals surface area contributed by atoms with Crippen LogP contribution in [0.2, 0.25) is 0 Å². The van der Waals surface area contributed by atoms with E-state index in [4.69, 9.17) is 10.5 Å². The van der Waals surface area contributed by atoms with E-state index in [0.717, 1.165) is 4.57 Å². The maximum atomic E-state index is 13.9. The average molecular weight is 564 g/mol. The predicted octanol–water partition coefficient (Wildman–Crippen LogP) is 0.00120. The summed E-state index contributed by atoms with van der Waals surface area (Å²) in [7, 11) is 2.96. The summed E-state index contributed by atoms with van der Waals surface area (Å²) < 4.78 is 48.1. The van der Waals surface area contributed by atoms with Gasteiger partial charge in [0.2, 0.25) is 11.9 Å². The van der Waals surface area contributed by atoms with Crippen LogP contribution >= 0.6 is 0 Å². The first-order chi connectivity index (χ1) is 19.0. The molecule has 2 fully saturated rings. The van der Waals surface area contributed by atoms with E-state index in [9.17, 15) is 22.8 Å². The lowest BCUT2D eigenvalue weighted by atomic mass is 10.3. The van der Waals surface area contributed by atoms with E-state index >= 15 is 0 Å². The van der Waals surface area contributed by atoms with E-state index in [0.29, 0.717) is 37.7 Å². The first-order valence-electron chi connectivity index (χ1n) is 12.5. The number of morpholine rings is 1. The van der Waals surface area contributed by atoms with Gasteiger partial charge in [0.05, 0.1) is 18.8 Å². The monoisotopic (exact) mass is 563 g/mol. The third kappa shape index (κ3) is 5.54. The Kier molecular flexibility index (Phi) is 7.31. The van der Waals surface area contributed by atoms with Crippen LogP contribution in [0.3, 0.4) is 0 Å². The molecule has 2 saturated heterocycles. The zero-order valence-corrected chi connectivity index (χ0v) is 21.9. The number of imidazole rings is 1. The summed E-state index contributed by atoms with van der Waals surface area (Å²) in [5.41, 5.74) is 6.19. The quantitative estimate of drug-likeness (QED) is 0.427. The molecule has 14 nitrogen and oxygen atoms in total. The van der Waals surface area contributed by atoms with Crippen molar-refractivity contribution in [3.05, 3.63) is 12.4 Å². The third-order valence-electron chi connectivity index (χ3n) is 6.57. The van der Waals surface area contributed by atoms with Crippen LogP contribution in [0, 0.1) is 0 Å². The number of aromatic nitrogens is 6. The number of hydrogen-bond donors (Lipinski definition) is 1. The molecule has 214 valence electrons. The lowest BCUT2D eigenvalue weighted by Gasteiger charge is -2.35. The van der Waals surface area contributed by atoms with E-state index < -0.39 is 24.5 Å². The normalized spacial score (nSPS) is 16.5. The number of carbonyl (C=O) groups excluding carboxylic acids is 2. The second-order valence-electron chi connectivity index (χ2n) is 9.56. The van der Waals surface area contributed by atoms with Gasteiger partial charge in [-0.3, -0.25) is 14.2 Å². The lowest BCUT2D eigenvalue weighted by molar-refractivity contribution is -0.150. The van der Waals surface area contributed by atoms with E-state index in [-0.39, 0.29) is 55.1 Å². The number of nitrogens with zero attached hydrogens (tertiary/aromatic N) is 10. The summed E-state index contributed by atoms with van der Waals surface area (Å²) in [6, 6.07) is 0.